The van der Waals surface area contributed by atoms with Gasteiger partial charge in [0.1, 0.15) is 5.71 Å². The highest BCUT2D eigenvalue weighted by molar-refractivity contribution is 6.38. The van der Waals surface area contributed by atoms with Gasteiger partial charge in [-0.1, -0.05) is 18.2 Å². The fourth-order valence-corrected chi connectivity index (χ4v) is 2.09. The molecule has 1 aliphatic rings. The highest BCUT2D eigenvalue weighted by atomic mass is 16.5. The zero-order valence-electron chi connectivity index (χ0n) is 12.1. The minimum atomic E-state index is -0.633. The Morgan fingerprint density at radius 2 is 1.86 bits per heavy atom. The van der Waals surface area contributed by atoms with Crippen molar-refractivity contribution >= 4 is 23.3 Å². The van der Waals surface area contributed by atoms with Crippen LogP contribution in [-0.2, 0) is 19.1 Å². The van der Waals surface area contributed by atoms with Crippen molar-refractivity contribution in [1.29, 1.82) is 0 Å². The van der Waals surface area contributed by atoms with E-state index in [1.165, 1.54) is 5.01 Å². The normalized spacial score (nSPS) is 17.3. The van der Waals surface area contributed by atoms with Crippen LogP contribution in [0.3, 0.4) is 0 Å². The Morgan fingerprint density at radius 1 is 1.19 bits per heavy atom. The van der Waals surface area contributed by atoms with Gasteiger partial charge in [0.25, 0.3) is 0 Å². The van der Waals surface area contributed by atoms with E-state index in [9.17, 15) is 9.59 Å². The summed E-state index contributed by atoms with van der Waals surface area (Å²) in [6.45, 7) is 4.03. The van der Waals surface area contributed by atoms with Crippen molar-refractivity contribution in [2.45, 2.75) is 26.3 Å². The molecule has 1 unspecified atom stereocenters. The molecule has 21 heavy (non-hydrogen) atoms. The molecule has 6 heteroatoms. The van der Waals surface area contributed by atoms with Crippen LogP contribution in [0.5, 0.6) is 0 Å². The Hall–Kier alpha value is -2.37. The first-order chi connectivity index (χ1) is 10.2. The third-order valence-electron chi connectivity index (χ3n) is 3.00. The summed E-state index contributed by atoms with van der Waals surface area (Å²) in [6.07, 6.45) is 0.187. The van der Waals surface area contributed by atoms with Gasteiger partial charge in [0, 0.05) is 6.42 Å². The molecule has 6 nitrogen and oxygen atoms in total. The van der Waals surface area contributed by atoms with Crippen LogP contribution in [0.15, 0.2) is 35.4 Å². The van der Waals surface area contributed by atoms with E-state index in [1.807, 2.05) is 30.3 Å². The Bertz CT molecular complexity index is 542. The molecule has 0 amide bonds. The quantitative estimate of drug-likeness (QED) is 0.773. The lowest BCUT2D eigenvalue weighted by molar-refractivity contribution is -0.144. The molecule has 0 radical (unpaired) electrons. The molecular weight excluding hydrogens is 272 g/mol. The fraction of sp³-hybridized carbons (Fsp3) is 0.400. The third-order valence-corrected chi connectivity index (χ3v) is 3.00. The van der Waals surface area contributed by atoms with Crippen molar-refractivity contribution in [3.63, 3.8) is 0 Å². The Balaban J connectivity index is 2.26. The number of carbonyl (C=O) groups is 2. The molecule has 0 fully saturated rings. The highest BCUT2D eigenvalue weighted by Gasteiger charge is 2.37. The molecule has 1 heterocycles. The monoisotopic (exact) mass is 290 g/mol. The molecule has 2 rings (SSSR count). The summed E-state index contributed by atoms with van der Waals surface area (Å²) >= 11 is 0. The average molecular weight is 290 g/mol. The molecule has 0 bridgehead atoms. The van der Waals surface area contributed by atoms with Gasteiger partial charge in [-0.25, -0.2) is 9.59 Å². The summed E-state index contributed by atoms with van der Waals surface area (Å²) < 4.78 is 10.0. The summed E-state index contributed by atoms with van der Waals surface area (Å²) in [6, 6.07) is 8.57. The summed E-state index contributed by atoms with van der Waals surface area (Å²) in [5, 5.41) is 5.75. The molecule has 0 spiro atoms. The molecule has 0 aromatic heterocycles. The number of hydrogen-bond donors (Lipinski definition) is 0. The van der Waals surface area contributed by atoms with Crippen LogP contribution in [0.25, 0.3) is 0 Å². The van der Waals surface area contributed by atoms with Crippen molar-refractivity contribution in [3.8, 4) is 0 Å². The summed E-state index contributed by atoms with van der Waals surface area (Å²) in [5.74, 6) is -0.894. The Morgan fingerprint density at radius 3 is 2.48 bits per heavy atom. The molecule has 112 valence electrons. The van der Waals surface area contributed by atoms with Crippen molar-refractivity contribution in [3.05, 3.63) is 30.3 Å². The van der Waals surface area contributed by atoms with Gasteiger partial charge in [0.15, 0.2) is 6.04 Å². The van der Waals surface area contributed by atoms with E-state index in [0.29, 0.717) is 0 Å². The second-order valence-corrected chi connectivity index (χ2v) is 4.42. The van der Waals surface area contributed by atoms with E-state index < -0.39 is 18.0 Å². The number of benzene rings is 1. The molecule has 0 saturated carbocycles. The van der Waals surface area contributed by atoms with Gasteiger partial charge in [-0.05, 0) is 26.0 Å². The number of nitrogens with zero attached hydrogens (tertiary/aromatic N) is 2. The minimum Gasteiger partial charge on any atom is -0.464 e. The molecule has 0 saturated heterocycles. The fourth-order valence-electron chi connectivity index (χ4n) is 2.09. The van der Waals surface area contributed by atoms with E-state index >= 15 is 0 Å². The van der Waals surface area contributed by atoms with Gasteiger partial charge in [-0.15, -0.1) is 0 Å². The number of anilines is 1. The van der Waals surface area contributed by atoms with Gasteiger partial charge in [-0.3, -0.25) is 5.01 Å². The van der Waals surface area contributed by atoms with Gasteiger partial charge < -0.3 is 9.47 Å². The highest BCUT2D eigenvalue weighted by Crippen LogP contribution is 2.25. The second kappa shape index (κ2) is 6.88. The maximum Gasteiger partial charge on any atom is 0.354 e. The lowest BCUT2D eigenvalue weighted by Crippen LogP contribution is -2.36. The molecular formula is C15H18N2O4. The van der Waals surface area contributed by atoms with E-state index in [2.05, 4.69) is 5.10 Å². The summed E-state index contributed by atoms with van der Waals surface area (Å²) in [7, 11) is 0. The topological polar surface area (TPSA) is 68.2 Å². The van der Waals surface area contributed by atoms with Gasteiger partial charge in [0.05, 0.1) is 18.9 Å². The smallest absolute Gasteiger partial charge is 0.354 e. The number of ether oxygens (including phenoxy) is 2. The molecule has 0 N–H and O–H groups in total. The van der Waals surface area contributed by atoms with Crippen molar-refractivity contribution in [2.24, 2.45) is 5.10 Å². The zero-order chi connectivity index (χ0) is 15.2. The molecule has 0 aliphatic carbocycles. The Labute approximate surface area is 123 Å². The largest absolute Gasteiger partial charge is 0.464 e. The van der Waals surface area contributed by atoms with Crippen LogP contribution in [0.1, 0.15) is 20.3 Å². The van der Waals surface area contributed by atoms with Crippen LogP contribution in [0, 0.1) is 0 Å². The number of carbonyl (C=O) groups excluding carboxylic acids is 2. The maximum atomic E-state index is 12.1. The van der Waals surface area contributed by atoms with Gasteiger partial charge >= 0.3 is 11.9 Å². The first-order valence-corrected chi connectivity index (χ1v) is 6.92. The number of para-hydroxylation sites is 1. The van der Waals surface area contributed by atoms with E-state index in [1.54, 1.807) is 13.8 Å². The average Bonchev–Trinajstić information content (AvgIpc) is 2.94. The first kappa shape index (κ1) is 15.0. The predicted octanol–water partition coefficient (Wildman–Crippen LogP) is 1.75. The summed E-state index contributed by atoms with van der Waals surface area (Å²) in [4.78, 5) is 23.9. The number of hydrogen-bond acceptors (Lipinski definition) is 6. The van der Waals surface area contributed by atoms with Gasteiger partial charge in [0.2, 0.25) is 0 Å². The zero-order valence-corrected chi connectivity index (χ0v) is 12.1. The van der Waals surface area contributed by atoms with Crippen molar-refractivity contribution in [2.75, 3.05) is 18.2 Å². The van der Waals surface area contributed by atoms with E-state index in [4.69, 9.17) is 9.47 Å². The minimum absolute atomic E-state index is 0.187. The van der Waals surface area contributed by atoms with Crippen molar-refractivity contribution in [1.82, 2.24) is 0 Å². The van der Waals surface area contributed by atoms with Crippen LogP contribution in [0.4, 0.5) is 5.69 Å². The molecule has 1 aromatic carbocycles. The van der Waals surface area contributed by atoms with E-state index in [0.717, 1.165) is 5.69 Å². The van der Waals surface area contributed by atoms with Crippen molar-refractivity contribution < 1.29 is 19.1 Å². The Kier molecular flexibility index (Phi) is 4.92. The third kappa shape index (κ3) is 3.39. The van der Waals surface area contributed by atoms with Crippen LogP contribution in [0.2, 0.25) is 0 Å². The van der Waals surface area contributed by atoms with E-state index in [-0.39, 0.29) is 25.3 Å². The first-order valence-electron chi connectivity index (χ1n) is 6.92. The molecule has 1 aliphatic heterocycles. The number of rotatable bonds is 5. The van der Waals surface area contributed by atoms with Gasteiger partial charge in [-0.2, -0.15) is 5.10 Å². The van der Waals surface area contributed by atoms with Crippen LogP contribution >= 0.6 is 0 Å². The second-order valence-electron chi connectivity index (χ2n) is 4.42. The predicted molar refractivity (Wildman–Crippen MR) is 78.0 cm³/mol. The van der Waals surface area contributed by atoms with Crippen LogP contribution < -0.4 is 5.01 Å². The molecule has 1 atom stereocenters. The standard InChI is InChI=1S/C15H18N2O4/c1-3-20-14(18)12-10-13(15(19)21-4-2)17(16-12)11-8-6-5-7-9-11/h5-9,13H,3-4,10H2,1-2H3. The molecule has 1 aromatic rings. The lowest BCUT2D eigenvalue weighted by Gasteiger charge is -2.21. The number of hydrazone groups is 1. The number of esters is 2. The summed E-state index contributed by atoms with van der Waals surface area (Å²) in [5.41, 5.74) is 0.966. The van der Waals surface area contributed by atoms with Crippen LogP contribution in [-0.4, -0.2) is 36.9 Å². The SMILES string of the molecule is CCOC(=O)C1=NN(c2ccccc2)C(C(=O)OCC)C1. The maximum absolute atomic E-state index is 12.1. The lowest BCUT2D eigenvalue weighted by atomic mass is 10.1.